The maximum Gasteiger partial charge on any atom is 0.191 e. The molecule has 0 radical (unpaired) electrons. The zero-order valence-electron chi connectivity index (χ0n) is 15.7. The molecule has 7 heteroatoms. The third-order valence-electron chi connectivity index (χ3n) is 3.81. The van der Waals surface area contributed by atoms with Gasteiger partial charge in [0.25, 0.3) is 0 Å². The summed E-state index contributed by atoms with van der Waals surface area (Å²) in [6.45, 7) is 8.32. The molecule has 0 aliphatic rings. The van der Waals surface area contributed by atoms with Crippen molar-refractivity contribution in [3.8, 4) is 0 Å². The molecule has 2 rings (SSSR count). The van der Waals surface area contributed by atoms with Gasteiger partial charge in [0, 0.05) is 46.7 Å². The predicted octanol–water partition coefficient (Wildman–Crippen LogP) is 2.81. The number of aryl methyl sites for hydroxylation is 2. The van der Waals surface area contributed by atoms with E-state index < -0.39 is 10.8 Å². The van der Waals surface area contributed by atoms with Crippen molar-refractivity contribution in [1.82, 2.24) is 15.6 Å². The Morgan fingerprint density at radius 3 is 2.65 bits per heavy atom. The van der Waals surface area contributed by atoms with Crippen LogP contribution in [-0.4, -0.2) is 40.5 Å². The van der Waals surface area contributed by atoms with Crippen LogP contribution < -0.4 is 10.6 Å². The molecule has 0 bridgehead atoms. The second-order valence-electron chi connectivity index (χ2n) is 5.96. The number of aromatic nitrogens is 1. The van der Waals surface area contributed by atoms with Crippen LogP contribution in [0, 0.1) is 13.8 Å². The normalized spacial score (nSPS) is 12.8. The van der Waals surface area contributed by atoms with E-state index in [0.29, 0.717) is 18.1 Å². The second kappa shape index (κ2) is 11.1. The first kappa shape index (κ1) is 20.6. The van der Waals surface area contributed by atoms with Crippen molar-refractivity contribution in [3.63, 3.8) is 0 Å². The molecule has 1 aromatic heterocycles. The molecule has 0 aliphatic heterocycles. The Hall–Kier alpha value is -1.73. The molecule has 5 nitrogen and oxygen atoms in total. The van der Waals surface area contributed by atoms with Crippen LogP contribution in [0.2, 0.25) is 0 Å². The van der Waals surface area contributed by atoms with E-state index in [1.165, 1.54) is 4.88 Å². The molecule has 1 aromatic carbocycles. The molecular formula is C19H28N4OS2. The molecule has 0 amide bonds. The predicted molar refractivity (Wildman–Crippen MR) is 112 cm³/mol. The lowest BCUT2D eigenvalue weighted by molar-refractivity contribution is 0.682. The maximum absolute atomic E-state index is 12.2. The first-order chi connectivity index (χ1) is 12.6. The fraction of sp³-hybridized carbons (Fsp3) is 0.474. The molecule has 0 aliphatic carbocycles. The molecule has 1 atom stereocenters. The highest BCUT2D eigenvalue weighted by Gasteiger charge is 2.05. The van der Waals surface area contributed by atoms with Gasteiger partial charge >= 0.3 is 0 Å². The number of benzene rings is 1. The van der Waals surface area contributed by atoms with E-state index in [-0.39, 0.29) is 0 Å². The van der Waals surface area contributed by atoms with Crippen LogP contribution >= 0.6 is 11.3 Å². The highest BCUT2D eigenvalue weighted by molar-refractivity contribution is 7.84. The molecule has 1 unspecified atom stereocenters. The van der Waals surface area contributed by atoms with E-state index in [1.54, 1.807) is 11.3 Å². The van der Waals surface area contributed by atoms with E-state index >= 15 is 0 Å². The van der Waals surface area contributed by atoms with Gasteiger partial charge in [-0.2, -0.15) is 0 Å². The van der Waals surface area contributed by atoms with Gasteiger partial charge in [0.05, 0.1) is 17.2 Å². The van der Waals surface area contributed by atoms with Gasteiger partial charge in [0.2, 0.25) is 0 Å². The Balaban J connectivity index is 1.75. The number of hydrogen-bond donors (Lipinski definition) is 2. The van der Waals surface area contributed by atoms with E-state index in [2.05, 4.69) is 27.5 Å². The van der Waals surface area contributed by atoms with Gasteiger partial charge in [-0.25, -0.2) is 4.98 Å². The SMILES string of the molecule is CCNC(=NCCS(=O)Cc1ccccc1)NCCc1nc(C)c(C)s1. The van der Waals surface area contributed by atoms with Crippen molar-refractivity contribution in [2.24, 2.45) is 4.99 Å². The summed E-state index contributed by atoms with van der Waals surface area (Å²) in [5.41, 5.74) is 2.22. The zero-order chi connectivity index (χ0) is 18.8. The van der Waals surface area contributed by atoms with E-state index in [0.717, 1.165) is 41.7 Å². The highest BCUT2D eigenvalue weighted by atomic mass is 32.2. The van der Waals surface area contributed by atoms with Crippen molar-refractivity contribution in [3.05, 3.63) is 51.5 Å². The summed E-state index contributed by atoms with van der Waals surface area (Å²) in [4.78, 5) is 10.4. The Morgan fingerprint density at radius 1 is 1.23 bits per heavy atom. The van der Waals surface area contributed by atoms with Crippen molar-refractivity contribution >= 4 is 28.1 Å². The van der Waals surface area contributed by atoms with Crippen LogP contribution in [-0.2, 0) is 23.0 Å². The summed E-state index contributed by atoms with van der Waals surface area (Å²) < 4.78 is 12.2. The smallest absolute Gasteiger partial charge is 0.191 e. The Morgan fingerprint density at radius 2 is 2.00 bits per heavy atom. The van der Waals surface area contributed by atoms with E-state index in [9.17, 15) is 4.21 Å². The molecule has 142 valence electrons. The minimum atomic E-state index is -0.898. The maximum atomic E-state index is 12.2. The third kappa shape index (κ3) is 7.25. The summed E-state index contributed by atoms with van der Waals surface area (Å²) in [7, 11) is -0.898. The summed E-state index contributed by atoms with van der Waals surface area (Å²) in [6, 6.07) is 9.94. The lowest BCUT2D eigenvalue weighted by atomic mass is 10.2. The van der Waals surface area contributed by atoms with Crippen LogP contribution in [0.15, 0.2) is 35.3 Å². The summed E-state index contributed by atoms with van der Waals surface area (Å²) in [5, 5.41) is 7.71. The second-order valence-corrected chi connectivity index (χ2v) is 8.82. The van der Waals surface area contributed by atoms with Crippen molar-refractivity contribution in [2.75, 3.05) is 25.4 Å². The largest absolute Gasteiger partial charge is 0.357 e. The Labute approximate surface area is 162 Å². The topological polar surface area (TPSA) is 66.4 Å². The number of nitrogens with zero attached hydrogens (tertiary/aromatic N) is 2. The summed E-state index contributed by atoms with van der Waals surface area (Å²) >= 11 is 1.75. The van der Waals surface area contributed by atoms with Crippen LogP contribution in [0.25, 0.3) is 0 Å². The Bertz CT molecular complexity index is 709. The fourth-order valence-corrected chi connectivity index (χ4v) is 4.30. The van der Waals surface area contributed by atoms with Crippen LogP contribution in [0.3, 0.4) is 0 Å². The average Bonchev–Trinajstić information content (AvgIpc) is 2.93. The number of hydrogen-bond acceptors (Lipinski definition) is 4. The van der Waals surface area contributed by atoms with Gasteiger partial charge in [-0.3, -0.25) is 9.20 Å². The van der Waals surface area contributed by atoms with Gasteiger partial charge in [0.1, 0.15) is 0 Å². The molecule has 2 N–H and O–H groups in total. The molecule has 0 fully saturated rings. The standard InChI is InChI=1S/C19H28N4OS2/c1-4-20-19(21-11-10-18-23-15(2)16(3)25-18)22-12-13-26(24)14-17-8-6-5-7-9-17/h5-9H,4,10-14H2,1-3H3,(H2,20,21,22). The van der Waals surface area contributed by atoms with Gasteiger partial charge < -0.3 is 10.6 Å². The van der Waals surface area contributed by atoms with Crippen molar-refractivity contribution < 1.29 is 4.21 Å². The van der Waals surface area contributed by atoms with Gasteiger partial charge in [-0.05, 0) is 26.3 Å². The zero-order valence-corrected chi connectivity index (χ0v) is 17.4. The quantitative estimate of drug-likeness (QED) is 0.509. The fourth-order valence-electron chi connectivity index (χ4n) is 2.37. The van der Waals surface area contributed by atoms with Gasteiger partial charge in [0.15, 0.2) is 5.96 Å². The Kier molecular flexibility index (Phi) is 8.77. The number of thiazole rings is 1. The molecule has 0 saturated heterocycles. The van der Waals surface area contributed by atoms with Gasteiger partial charge in [-0.1, -0.05) is 30.3 Å². The third-order valence-corrected chi connectivity index (χ3v) is 6.23. The molecule has 0 saturated carbocycles. The summed E-state index contributed by atoms with van der Waals surface area (Å²) in [6.07, 6.45) is 0.879. The molecule has 0 spiro atoms. The summed E-state index contributed by atoms with van der Waals surface area (Å²) in [5.74, 6) is 1.92. The number of rotatable bonds is 9. The van der Waals surface area contributed by atoms with Crippen LogP contribution in [0.5, 0.6) is 0 Å². The number of aliphatic imine (C=N–C) groups is 1. The van der Waals surface area contributed by atoms with Crippen LogP contribution in [0.4, 0.5) is 0 Å². The monoisotopic (exact) mass is 392 g/mol. The number of guanidine groups is 1. The highest BCUT2D eigenvalue weighted by Crippen LogP contribution is 2.16. The molecular weight excluding hydrogens is 364 g/mol. The van der Waals surface area contributed by atoms with Crippen molar-refractivity contribution in [2.45, 2.75) is 32.9 Å². The average molecular weight is 393 g/mol. The number of nitrogens with one attached hydrogen (secondary N) is 2. The lowest BCUT2D eigenvalue weighted by Crippen LogP contribution is -2.38. The molecule has 1 heterocycles. The molecule has 26 heavy (non-hydrogen) atoms. The van der Waals surface area contributed by atoms with E-state index in [4.69, 9.17) is 0 Å². The van der Waals surface area contributed by atoms with E-state index in [1.807, 2.05) is 44.2 Å². The minimum absolute atomic E-state index is 0.546. The van der Waals surface area contributed by atoms with Crippen molar-refractivity contribution in [1.29, 1.82) is 0 Å². The minimum Gasteiger partial charge on any atom is -0.357 e. The first-order valence-electron chi connectivity index (χ1n) is 8.92. The first-order valence-corrected chi connectivity index (χ1v) is 11.2. The lowest BCUT2D eigenvalue weighted by Gasteiger charge is -2.10. The van der Waals surface area contributed by atoms with Crippen LogP contribution in [0.1, 0.15) is 28.1 Å². The molecule has 2 aromatic rings. The van der Waals surface area contributed by atoms with Gasteiger partial charge in [-0.15, -0.1) is 11.3 Å².